The highest BCUT2D eigenvalue weighted by Gasteiger charge is 2.56. The number of hydrogen-bond acceptors (Lipinski definition) is 1. The molecule has 3 heteroatoms. The molecule has 2 aliphatic rings. The molecule has 1 amide bonds. The lowest BCUT2D eigenvalue weighted by Gasteiger charge is -2.08. The van der Waals surface area contributed by atoms with Gasteiger partial charge in [-0.3, -0.25) is 4.79 Å². The molecule has 2 saturated carbocycles. The van der Waals surface area contributed by atoms with Crippen LogP contribution in [-0.2, 0) is 11.3 Å². The molecule has 90 valence electrons. The van der Waals surface area contributed by atoms with Crippen molar-refractivity contribution in [2.24, 2.45) is 17.8 Å². The Kier molecular flexibility index (Phi) is 2.95. The lowest BCUT2D eigenvalue weighted by atomic mass is 10.1. The Morgan fingerprint density at radius 3 is 2.71 bits per heavy atom. The van der Waals surface area contributed by atoms with Gasteiger partial charge in [0.25, 0.3) is 0 Å². The molecule has 1 aromatic rings. The van der Waals surface area contributed by atoms with Crippen molar-refractivity contribution in [3.05, 3.63) is 34.3 Å². The summed E-state index contributed by atoms with van der Waals surface area (Å²) in [4.78, 5) is 12.0. The van der Waals surface area contributed by atoms with E-state index in [1.807, 2.05) is 24.3 Å². The van der Waals surface area contributed by atoms with Crippen LogP contribution in [0.5, 0.6) is 0 Å². The van der Waals surface area contributed by atoms with E-state index in [9.17, 15) is 4.79 Å². The molecule has 1 N–H and O–H groups in total. The molecule has 2 nitrogen and oxygen atoms in total. The first kappa shape index (κ1) is 11.3. The highest BCUT2D eigenvalue weighted by molar-refractivity contribution is 9.10. The van der Waals surface area contributed by atoms with Gasteiger partial charge in [0.1, 0.15) is 0 Å². The van der Waals surface area contributed by atoms with E-state index in [4.69, 9.17) is 0 Å². The zero-order valence-corrected chi connectivity index (χ0v) is 11.2. The van der Waals surface area contributed by atoms with Crippen molar-refractivity contribution in [3.8, 4) is 0 Å². The Hall–Kier alpha value is -0.830. The van der Waals surface area contributed by atoms with Crippen molar-refractivity contribution in [3.63, 3.8) is 0 Å². The molecule has 0 aliphatic heterocycles. The average molecular weight is 294 g/mol. The highest BCUT2D eigenvalue weighted by Crippen LogP contribution is 2.57. The number of carbonyl (C=O) groups is 1. The SMILES string of the molecule is O=C(NCc1ccccc1Br)C1C2CCCC21. The van der Waals surface area contributed by atoms with E-state index < -0.39 is 0 Å². The Morgan fingerprint density at radius 2 is 2.00 bits per heavy atom. The zero-order valence-electron chi connectivity index (χ0n) is 9.66. The van der Waals surface area contributed by atoms with Gasteiger partial charge in [-0.1, -0.05) is 40.5 Å². The van der Waals surface area contributed by atoms with Gasteiger partial charge < -0.3 is 5.32 Å². The summed E-state index contributed by atoms with van der Waals surface area (Å²) in [6, 6.07) is 8.03. The van der Waals surface area contributed by atoms with Crippen molar-refractivity contribution >= 4 is 21.8 Å². The van der Waals surface area contributed by atoms with Crippen LogP contribution in [-0.4, -0.2) is 5.91 Å². The van der Waals surface area contributed by atoms with Crippen LogP contribution in [0.25, 0.3) is 0 Å². The van der Waals surface area contributed by atoms with Crippen LogP contribution in [0.2, 0.25) is 0 Å². The van der Waals surface area contributed by atoms with Crippen molar-refractivity contribution in [1.82, 2.24) is 5.32 Å². The van der Waals surface area contributed by atoms with E-state index in [2.05, 4.69) is 21.2 Å². The van der Waals surface area contributed by atoms with Crippen molar-refractivity contribution < 1.29 is 4.79 Å². The summed E-state index contributed by atoms with van der Waals surface area (Å²) in [5.41, 5.74) is 1.15. The molecule has 0 aromatic heterocycles. The fourth-order valence-corrected chi connectivity index (χ4v) is 3.58. The number of benzene rings is 1. The number of carbonyl (C=O) groups excluding carboxylic acids is 1. The van der Waals surface area contributed by atoms with E-state index in [-0.39, 0.29) is 5.91 Å². The average Bonchev–Trinajstić information content (AvgIpc) is 2.82. The molecule has 2 unspecified atom stereocenters. The van der Waals surface area contributed by atoms with Gasteiger partial charge in [-0.05, 0) is 36.3 Å². The summed E-state index contributed by atoms with van der Waals surface area (Å²) in [6.07, 6.45) is 3.85. The second-order valence-electron chi connectivity index (χ2n) is 5.09. The third kappa shape index (κ3) is 2.13. The first-order valence-electron chi connectivity index (χ1n) is 6.28. The minimum absolute atomic E-state index is 0.260. The molecule has 0 bridgehead atoms. The molecule has 2 aliphatic carbocycles. The van der Waals surface area contributed by atoms with Crippen LogP contribution >= 0.6 is 15.9 Å². The summed E-state index contributed by atoms with van der Waals surface area (Å²) < 4.78 is 1.07. The first-order chi connectivity index (χ1) is 8.27. The number of amides is 1. The maximum atomic E-state index is 12.0. The summed E-state index contributed by atoms with van der Waals surface area (Å²) >= 11 is 3.50. The Balaban J connectivity index is 1.55. The molecule has 0 heterocycles. The van der Waals surface area contributed by atoms with Crippen LogP contribution in [0.15, 0.2) is 28.7 Å². The molecule has 3 rings (SSSR count). The third-order valence-corrected chi connectivity index (χ3v) is 4.89. The van der Waals surface area contributed by atoms with Gasteiger partial charge in [-0.15, -0.1) is 0 Å². The Labute approximate surface area is 110 Å². The number of nitrogens with one attached hydrogen (secondary N) is 1. The van der Waals surface area contributed by atoms with Crippen LogP contribution in [0.4, 0.5) is 0 Å². The summed E-state index contributed by atoms with van der Waals surface area (Å²) in [5, 5.41) is 3.06. The number of halogens is 1. The maximum absolute atomic E-state index is 12.0. The van der Waals surface area contributed by atoms with Crippen molar-refractivity contribution in [2.75, 3.05) is 0 Å². The van der Waals surface area contributed by atoms with Gasteiger partial charge in [0.2, 0.25) is 5.91 Å². The lowest BCUT2D eigenvalue weighted by molar-refractivity contribution is -0.123. The second-order valence-corrected chi connectivity index (χ2v) is 5.95. The second kappa shape index (κ2) is 4.45. The molecule has 2 fully saturated rings. The third-order valence-electron chi connectivity index (χ3n) is 4.12. The Bertz CT molecular complexity index is 436. The molecular formula is C14H16BrNO. The van der Waals surface area contributed by atoms with Gasteiger partial charge in [0.05, 0.1) is 0 Å². The summed E-state index contributed by atoms with van der Waals surface area (Å²) in [6.45, 7) is 0.635. The number of rotatable bonds is 3. The van der Waals surface area contributed by atoms with E-state index in [1.54, 1.807) is 0 Å². The van der Waals surface area contributed by atoms with Gasteiger partial charge in [0.15, 0.2) is 0 Å². The predicted molar refractivity (Wildman–Crippen MR) is 70.3 cm³/mol. The lowest BCUT2D eigenvalue weighted by Crippen LogP contribution is -2.26. The minimum Gasteiger partial charge on any atom is -0.352 e. The molecular weight excluding hydrogens is 278 g/mol. The van der Waals surface area contributed by atoms with E-state index in [0.29, 0.717) is 24.3 Å². The van der Waals surface area contributed by atoms with Crippen LogP contribution in [0.3, 0.4) is 0 Å². The Morgan fingerprint density at radius 1 is 1.29 bits per heavy atom. The number of fused-ring (bicyclic) bond motifs is 1. The highest BCUT2D eigenvalue weighted by atomic mass is 79.9. The van der Waals surface area contributed by atoms with Crippen molar-refractivity contribution in [1.29, 1.82) is 0 Å². The predicted octanol–water partition coefficient (Wildman–Crippen LogP) is 3.11. The topological polar surface area (TPSA) is 29.1 Å². The summed E-state index contributed by atoms with van der Waals surface area (Å²) in [5.74, 6) is 1.99. The smallest absolute Gasteiger partial charge is 0.223 e. The largest absolute Gasteiger partial charge is 0.352 e. The van der Waals surface area contributed by atoms with Gasteiger partial charge in [0, 0.05) is 16.9 Å². The van der Waals surface area contributed by atoms with E-state index in [0.717, 1.165) is 10.0 Å². The molecule has 0 spiro atoms. The molecule has 2 atom stereocenters. The molecule has 0 radical (unpaired) electrons. The maximum Gasteiger partial charge on any atom is 0.223 e. The fourth-order valence-electron chi connectivity index (χ4n) is 3.15. The summed E-state index contributed by atoms with van der Waals surface area (Å²) in [7, 11) is 0. The van der Waals surface area contributed by atoms with Crippen LogP contribution in [0.1, 0.15) is 24.8 Å². The van der Waals surface area contributed by atoms with Gasteiger partial charge in [-0.25, -0.2) is 0 Å². The molecule has 1 aromatic carbocycles. The van der Waals surface area contributed by atoms with Gasteiger partial charge >= 0.3 is 0 Å². The first-order valence-corrected chi connectivity index (χ1v) is 7.08. The van der Waals surface area contributed by atoms with Crippen LogP contribution < -0.4 is 5.32 Å². The van der Waals surface area contributed by atoms with Crippen molar-refractivity contribution in [2.45, 2.75) is 25.8 Å². The van der Waals surface area contributed by atoms with E-state index in [1.165, 1.54) is 19.3 Å². The standard InChI is InChI=1S/C14H16BrNO/c15-12-7-2-1-4-9(12)8-16-14(17)13-10-5-3-6-11(10)13/h1-2,4,7,10-11,13H,3,5-6,8H2,(H,16,17). The zero-order chi connectivity index (χ0) is 11.8. The monoisotopic (exact) mass is 293 g/mol. The molecule has 0 saturated heterocycles. The minimum atomic E-state index is 0.260. The fraction of sp³-hybridized carbons (Fsp3) is 0.500. The number of hydrogen-bond donors (Lipinski definition) is 1. The van der Waals surface area contributed by atoms with E-state index >= 15 is 0 Å². The molecule has 17 heavy (non-hydrogen) atoms. The quantitative estimate of drug-likeness (QED) is 0.912. The normalized spacial score (nSPS) is 29.8. The van der Waals surface area contributed by atoms with Crippen LogP contribution in [0, 0.1) is 17.8 Å². The van der Waals surface area contributed by atoms with Gasteiger partial charge in [-0.2, -0.15) is 0 Å².